The first kappa shape index (κ1) is 28.6. The molecule has 11 nitrogen and oxygen atoms in total. The van der Waals surface area contributed by atoms with E-state index >= 15 is 0 Å². The van der Waals surface area contributed by atoms with Crippen LogP contribution in [0.1, 0.15) is 24.0 Å². The molecule has 1 aliphatic rings. The van der Waals surface area contributed by atoms with Crippen LogP contribution in [0.3, 0.4) is 0 Å². The van der Waals surface area contributed by atoms with Gasteiger partial charge in [-0.15, -0.1) is 4.99 Å². The fourth-order valence-electron chi connectivity index (χ4n) is 4.23. The number of rotatable bonds is 12. The Morgan fingerprint density at radius 2 is 1.73 bits per heavy atom. The number of carbonyl (C=O) groups is 1. The van der Waals surface area contributed by atoms with Crippen LogP contribution in [0, 0.1) is 0 Å². The molecule has 0 saturated carbocycles. The number of nitrogens with zero attached hydrogens (tertiary/aromatic N) is 1. The summed E-state index contributed by atoms with van der Waals surface area (Å²) < 4.78 is 11.7. The molecule has 37 heavy (non-hydrogen) atoms. The van der Waals surface area contributed by atoms with Crippen molar-refractivity contribution >= 4 is 12.0 Å². The molecule has 0 spiro atoms. The number of aliphatic hydroxyl groups excluding tert-OH is 4. The fraction of sp³-hybridized carbons (Fsp3) is 0.462. The fourth-order valence-corrected chi connectivity index (χ4v) is 4.23. The molecule has 0 aromatic heterocycles. The summed E-state index contributed by atoms with van der Waals surface area (Å²) in [5.41, 5.74) is -0.847. The third kappa shape index (κ3) is 6.86. The van der Waals surface area contributed by atoms with Gasteiger partial charge in [0.2, 0.25) is 12.0 Å². The first-order valence-electron chi connectivity index (χ1n) is 11.9. The van der Waals surface area contributed by atoms with Crippen LogP contribution >= 0.6 is 0 Å². The SMILES string of the molecule is O=C=N[C@]1(O)O[C@H](CNC(=O)CC[C@H](O)CO)[C@@H](O)[C@H](O)[C@@]1(Cc1ccccc1)OCc1ccccc1. The second-order valence-electron chi connectivity index (χ2n) is 8.91. The molecule has 1 aliphatic heterocycles. The standard InChI is InChI=1S/C26H32N2O9/c29-15-20(31)11-12-22(32)27-14-21-23(33)24(34)25(26(35,37-21)28-17-30,13-18-7-3-1-4-8-18)36-16-19-9-5-2-6-10-19/h1-10,20-21,23-24,29,31,33-35H,11-16H2,(H,27,32)/t20-,21+,23+,24-,25+,26+/m0/s1. The van der Waals surface area contributed by atoms with Gasteiger partial charge < -0.3 is 40.3 Å². The van der Waals surface area contributed by atoms with Crippen LogP contribution in [0.4, 0.5) is 0 Å². The lowest BCUT2D eigenvalue weighted by Crippen LogP contribution is -2.74. The third-order valence-corrected chi connectivity index (χ3v) is 6.31. The summed E-state index contributed by atoms with van der Waals surface area (Å²) in [4.78, 5) is 27.0. The Morgan fingerprint density at radius 3 is 2.32 bits per heavy atom. The van der Waals surface area contributed by atoms with Gasteiger partial charge in [-0.2, -0.15) is 0 Å². The zero-order valence-electron chi connectivity index (χ0n) is 20.1. The molecule has 1 fully saturated rings. The molecule has 6 N–H and O–H groups in total. The Hall–Kier alpha value is -2.99. The molecule has 0 bridgehead atoms. The molecular weight excluding hydrogens is 484 g/mol. The van der Waals surface area contributed by atoms with E-state index in [1.54, 1.807) is 54.6 Å². The van der Waals surface area contributed by atoms with E-state index in [4.69, 9.17) is 14.6 Å². The number of aliphatic imine (C=N–C) groups is 1. The van der Waals surface area contributed by atoms with Gasteiger partial charge in [-0.3, -0.25) is 4.79 Å². The average Bonchev–Trinajstić information content (AvgIpc) is 2.91. The number of hydrogen-bond donors (Lipinski definition) is 6. The summed E-state index contributed by atoms with van der Waals surface area (Å²) >= 11 is 0. The Kier molecular flexibility index (Phi) is 10.0. The van der Waals surface area contributed by atoms with E-state index in [0.717, 1.165) is 0 Å². The molecule has 0 unspecified atom stereocenters. The lowest BCUT2D eigenvalue weighted by molar-refractivity contribution is -0.393. The van der Waals surface area contributed by atoms with Gasteiger partial charge in [-0.05, 0) is 17.5 Å². The summed E-state index contributed by atoms with van der Waals surface area (Å²) in [6, 6.07) is 17.6. The lowest BCUT2D eigenvalue weighted by Gasteiger charge is -2.53. The topological polar surface area (TPSA) is 178 Å². The maximum Gasteiger partial charge on any atom is 0.311 e. The van der Waals surface area contributed by atoms with Crippen molar-refractivity contribution in [3.05, 3.63) is 71.8 Å². The smallest absolute Gasteiger partial charge is 0.311 e. The van der Waals surface area contributed by atoms with Gasteiger partial charge >= 0.3 is 5.91 Å². The summed E-state index contributed by atoms with van der Waals surface area (Å²) in [5, 5.41) is 54.6. The second kappa shape index (κ2) is 13.0. The lowest BCUT2D eigenvalue weighted by atomic mass is 9.78. The molecule has 2 aromatic carbocycles. The summed E-state index contributed by atoms with van der Waals surface area (Å²) in [5.74, 6) is -3.30. The highest BCUT2D eigenvalue weighted by molar-refractivity contribution is 5.75. The van der Waals surface area contributed by atoms with Crippen LogP contribution < -0.4 is 5.32 Å². The first-order valence-corrected chi connectivity index (χ1v) is 11.9. The molecule has 1 amide bonds. The van der Waals surface area contributed by atoms with Gasteiger partial charge in [0.25, 0.3) is 0 Å². The Morgan fingerprint density at radius 1 is 1.11 bits per heavy atom. The van der Waals surface area contributed by atoms with Crippen LogP contribution in [0.15, 0.2) is 65.7 Å². The average molecular weight is 517 g/mol. The number of carbonyl (C=O) groups excluding carboxylic acids is 2. The van der Waals surface area contributed by atoms with E-state index in [0.29, 0.717) is 11.1 Å². The normalized spacial score (nSPS) is 28.2. The molecule has 200 valence electrons. The first-order chi connectivity index (χ1) is 17.7. The molecule has 1 saturated heterocycles. The maximum absolute atomic E-state index is 12.1. The Bertz CT molecular complexity index is 1050. The number of hydrogen-bond acceptors (Lipinski definition) is 10. The van der Waals surface area contributed by atoms with Crippen LogP contribution in [0.5, 0.6) is 0 Å². The van der Waals surface area contributed by atoms with E-state index in [2.05, 4.69) is 10.3 Å². The van der Waals surface area contributed by atoms with Crippen molar-refractivity contribution in [2.24, 2.45) is 4.99 Å². The van der Waals surface area contributed by atoms with Gasteiger partial charge in [0.05, 0.1) is 19.3 Å². The van der Waals surface area contributed by atoms with E-state index < -0.39 is 48.4 Å². The van der Waals surface area contributed by atoms with Crippen LogP contribution in [0.25, 0.3) is 0 Å². The summed E-state index contributed by atoms with van der Waals surface area (Å²) in [6.07, 6.45) is -4.96. The van der Waals surface area contributed by atoms with E-state index in [1.807, 2.05) is 6.07 Å². The highest BCUT2D eigenvalue weighted by atomic mass is 16.7. The number of amides is 1. The Labute approximate surface area is 214 Å². The van der Waals surface area contributed by atoms with E-state index in [-0.39, 0.29) is 32.4 Å². The summed E-state index contributed by atoms with van der Waals surface area (Å²) in [6.45, 7) is -0.970. The zero-order chi connectivity index (χ0) is 26.9. The Balaban J connectivity index is 1.89. The van der Waals surface area contributed by atoms with E-state index in [9.17, 15) is 30.0 Å². The maximum atomic E-state index is 12.1. The predicted octanol–water partition coefficient (Wildman–Crippen LogP) is -0.463. The summed E-state index contributed by atoms with van der Waals surface area (Å²) in [7, 11) is 0. The molecule has 2 aromatic rings. The van der Waals surface area contributed by atoms with Crippen molar-refractivity contribution in [1.29, 1.82) is 0 Å². The minimum absolute atomic E-state index is 0.00587. The third-order valence-electron chi connectivity index (χ3n) is 6.31. The van der Waals surface area contributed by atoms with Crippen molar-refractivity contribution in [1.82, 2.24) is 5.32 Å². The second-order valence-corrected chi connectivity index (χ2v) is 8.91. The molecular formula is C26H32N2O9. The van der Waals surface area contributed by atoms with Crippen molar-refractivity contribution in [3.8, 4) is 0 Å². The minimum Gasteiger partial charge on any atom is -0.394 e. The van der Waals surface area contributed by atoms with Crippen LogP contribution in [-0.2, 0) is 32.1 Å². The predicted molar refractivity (Wildman–Crippen MR) is 129 cm³/mol. The zero-order valence-corrected chi connectivity index (χ0v) is 20.1. The number of aliphatic hydroxyl groups is 5. The molecule has 6 atom stereocenters. The van der Waals surface area contributed by atoms with Crippen molar-refractivity contribution in [2.75, 3.05) is 13.2 Å². The molecule has 3 rings (SSSR count). The number of benzene rings is 2. The monoisotopic (exact) mass is 516 g/mol. The van der Waals surface area contributed by atoms with Gasteiger partial charge in [-0.1, -0.05) is 60.7 Å². The van der Waals surface area contributed by atoms with Gasteiger partial charge in [0.15, 0.2) is 5.60 Å². The van der Waals surface area contributed by atoms with E-state index in [1.165, 1.54) is 6.08 Å². The van der Waals surface area contributed by atoms with Crippen molar-refractivity contribution in [2.45, 2.75) is 61.8 Å². The number of ether oxygens (including phenoxy) is 2. The quantitative estimate of drug-likeness (QED) is 0.161. The van der Waals surface area contributed by atoms with Crippen molar-refractivity contribution in [3.63, 3.8) is 0 Å². The van der Waals surface area contributed by atoms with Gasteiger partial charge in [0, 0.05) is 19.4 Å². The van der Waals surface area contributed by atoms with Gasteiger partial charge in [0.1, 0.15) is 18.3 Å². The van der Waals surface area contributed by atoms with Crippen molar-refractivity contribution < 1.29 is 44.6 Å². The molecule has 1 heterocycles. The number of isocyanates is 1. The molecule has 11 heteroatoms. The number of nitrogens with one attached hydrogen (secondary N) is 1. The minimum atomic E-state index is -2.78. The van der Waals surface area contributed by atoms with Crippen LogP contribution in [0.2, 0.25) is 0 Å². The highest BCUT2D eigenvalue weighted by Crippen LogP contribution is 2.43. The molecule has 0 aliphatic carbocycles. The molecule has 0 radical (unpaired) electrons. The largest absolute Gasteiger partial charge is 0.394 e. The highest BCUT2D eigenvalue weighted by Gasteiger charge is 2.66. The van der Waals surface area contributed by atoms with Gasteiger partial charge in [-0.25, -0.2) is 4.79 Å². The van der Waals surface area contributed by atoms with Crippen LogP contribution in [-0.4, -0.2) is 86.6 Å².